The third-order valence-electron chi connectivity index (χ3n) is 4.72. The molecule has 2 saturated heterocycles. The Balaban J connectivity index is 0.00000161. The zero-order valence-electron chi connectivity index (χ0n) is 12.8. The first-order valence-electron chi connectivity index (χ1n) is 7.98. The first-order chi connectivity index (χ1) is 9.63. The summed E-state index contributed by atoms with van der Waals surface area (Å²) in [6, 6.07) is 0.539. The molecule has 2 unspecified atom stereocenters. The predicted molar refractivity (Wildman–Crippen MR) is 94.7 cm³/mol. The Labute approximate surface area is 144 Å². The molecular weight excluding hydrogens is 379 g/mol. The first kappa shape index (κ1) is 16.8. The van der Waals surface area contributed by atoms with Crippen LogP contribution in [0.4, 0.5) is 0 Å². The smallest absolute Gasteiger partial charge is 0.223 e. The number of nitrogens with two attached hydrogens (primary N) is 1. The van der Waals surface area contributed by atoms with Gasteiger partial charge in [-0.1, -0.05) is 6.92 Å². The molecule has 0 radical (unpaired) electrons. The predicted octanol–water partition coefficient (Wildman–Crippen LogP) is 1.66. The van der Waals surface area contributed by atoms with Crippen LogP contribution in [0.15, 0.2) is 4.99 Å². The van der Waals surface area contributed by atoms with Gasteiger partial charge in [0.1, 0.15) is 0 Å². The summed E-state index contributed by atoms with van der Waals surface area (Å²) in [4.78, 5) is 20.7. The summed E-state index contributed by atoms with van der Waals surface area (Å²) < 4.78 is 0. The molecule has 1 amide bonds. The van der Waals surface area contributed by atoms with Crippen LogP contribution in [0.2, 0.25) is 0 Å². The summed E-state index contributed by atoms with van der Waals surface area (Å²) in [6.45, 7) is 5.90. The molecule has 3 fully saturated rings. The van der Waals surface area contributed by atoms with Crippen molar-refractivity contribution in [2.45, 2.75) is 45.1 Å². The largest absolute Gasteiger partial charge is 0.370 e. The number of likely N-dealkylation sites (tertiary alicyclic amines) is 2. The molecule has 5 nitrogen and oxygen atoms in total. The Morgan fingerprint density at radius 2 is 2.10 bits per heavy atom. The highest BCUT2D eigenvalue weighted by Crippen LogP contribution is 2.32. The maximum absolute atomic E-state index is 11.9. The number of amides is 1. The van der Waals surface area contributed by atoms with E-state index in [0.717, 1.165) is 19.6 Å². The zero-order valence-corrected chi connectivity index (χ0v) is 15.2. The number of aliphatic imine (C=N–C) groups is 1. The summed E-state index contributed by atoms with van der Waals surface area (Å²) in [6.07, 6.45) is 5.53. The fourth-order valence-electron chi connectivity index (χ4n) is 3.39. The average Bonchev–Trinajstić information content (AvgIpc) is 3.20. The highest BCUT2D eigenvalue weighted by Gasteiger charge is 2.39. The quantitative estimate of drug-likeness (QED) is 0.441. The maximum atomic E-state index is 11.9. The Hall–Kier alpha value is -0.530. The van der Waals surface area contributed by atoms with Gasteiger partial charge in [0.2, 0.25) is 5.91 Å². The Morgan fingerprint density at radius 1 is 1.33 bits per heavy atom. The van der Waals surface area contributed by atoms with Crippen LogP contribution in [-0.4, -0.2) is 53.9 Å². The van der Waals surface area contributed by atoms with E-state index < -0.39 is 0 Å². The molecule has 3 rings (SSSR count). The molecule has 1 saturated carbocycles. The van der Waals surface area contributed by atoms with Crippen molar-refractivity contribution in [1.29, 1.82) is 0 Å². The lowest BCUT2D eigenvalue weighted by Crippen LogP contribution is -2.43. The number of carbonyl (C=O) groups excluding carboxylic acids is 1. The highest BCUT2D eigenvalue weighted by atomic mass is 127. The number of rotatable bonds is 3. The van der Waals surface area contributed by atoms with Crippen LogP contribution in [0.3, 0.4) is 0 Å². The second-order valence-corrected chi connectivity index (χ2v) is 6.74. The molecule has 2 atom stereocenters. The average molecular weight is 406 g/mol. The van der Waals surface area contributed by atoms with Crippen LogP contribution in [-0.2, 0) is 4.79 Å². The van der Waals surface area contributed by atoms with E-state index in [1.165, 1.54) is 25.7 Å². The zero-order chi connectivity index (χ0) is 14.1. The molecule has 0 aromatic carbocycles. The van der Waals surface area contributed by atoms with Crippen LogP contribution in [0.25, 0.3) is 0 Å². The van der Waals surface area contributed by atoms with Gasteiger partial charge in [-0.2, -0.15) is 0 Å². The van der Waals surface area contributed by atoms with Gasteiger partial charge < -0.3 is 15.5 Å². The molecule has 6 heteroatoms. The van der Waals surface area contributed by atoms with E-state index in [1.807, 2.05) is 0 Å². The topological polar surface area (TPSA) is 61.9 Å². The molecule has 1 aliphatic carbocycles. The van der Waals surface area contributed by atoms with Crippen molar-refractivity contribution in [3.8, 4) is 0 Å². The molecule has 3 aliphatic rings. The molecule has 0 spiro atoms. The van der Waals surface area contributed by atoms with Crippen LogP contribution in [0.5, 0.6) is 0 Å². The van der Waals surface area contributed by atoms with Crippen LogP contribution in [0, 0.1) is 11.8 Å². The minimum atomic E-state index is 0. The minimum Gasteiger partial charge on any atom is -0.370 e. The van der Waals surface area contributed by atoms with Crippen molar-refractivity contribution in [3.63, 3.8) is 0 Å². The van der Waals surface area contributed by atoms with Gasteiger partial charge in [-0.25, -0.2) is 0 Å². The van der Waals surface area contributed by atoms with Crippen molar-refractivity contribution in [2.75, 3.05) is 26.2 Å². The Bertz CT molecular complexity index is 410. The van der Waals surface area contributed by atoms with E-state index in [-0.39, 0.29) is 24.0 Å². The monoisotopic (exact) mass is 406 g/mol. The molecule has 2 aliphatic heterocycles. The molecule has 0 bridgehead atoms. The van der Waals surface area contributed by atoms with Crippen molar-refractivity contribution in [3.05, 3.63) is 0 Å². The van der Waals surface area contributed by atoms with Crippen LogP contribution in [0.1, 0.15) is 39.0 Å². The minimum absolute atomic E-state index is 0. The van der Waals surface area contributed by atoms with Gasteiger partial charge in [0.15, 0.2) is 5.96 Å². The fourth-order valence-corrected chi connectivity index (χ4v) is 3.39. The lowest BCUT2D eigenvalue weighted by atomic mass is 10.0. The molecule has 2 N–H and O–H groups in total. The molecule has 0 aromatic heterocycles. The van der Waals surface area contributed by atoms with Gasteiger partial charge in [0, 0.05) is 44.6 Å². The number of hydrogen-bond acceptors (Lipinski definition) is 2. The van der Waals surface area contributed by atoms with Crippen molar-refractivity contribution < 1.29 is 4.79 Å². The second-order valence-electron chi connectivity index (χ2n) is 6.74. The van der Waals surface area contributed by atoms with Crippen molar-refractivity contribution >= 4 is 35.8 Å². The lowest BCUT2D eigenvalue weighted by Gasteiger charge is -2.31. The summed E-state index contributed by atoms with van der Waals surface area (Å²) in [5, 5.41) is 0. The van der Waals surface area contributed by atoms with Gasteiger partial charge in [-0.05, 0) is 31.6 Å². The Morgan fingerprint density at radius 3 is 2.76 bits per heavy atom. The summed E-state index contributed by atoms with van der Waals surface area (Å²) in [5.41, 5.74) is 6.11. The molecular formula is C15H27IN4O. The third kappa shape index (κ3) is 4.23. The van der Waals surface area contributed by atoms with E-state index in [9.17, 15) is 4.79 Å². The third-order valence-corrected chi connectivity index (χ3v) is 4.72. The van der Waals surface area contributed by atoms with Crippen LogP contribution < -0.4 is 5.73 Å². The van der Waals surface area contributed by atoms with E-state index >= 15 is 0 Å². The molecule has 2 heterocycles. The summed E-state index contributed by atoms with van der Waals surface area (Å²) in [7, 11) is 0. The number of piperidine rings is 1. The van der Waals surface area contributed by atoms with Crippen LogP contribution >= 0.6 is 24.0 Å². The maximum Gasteiger partial charge on any atom is 0.223 e. The van der Waals surface area contributed by atoms with Gasteiger partial charge in [0.05, 0.1) is 0 Å². The van der Waals surface area contributed by atoms with E-state index in [2.05, 4.69) is 21.7 Å². The first-order valence-corrected chi connectivity index (χ1v) is 7.98. The SMILES string of the molecule is CC1CCCN(C(N)=NCC2CC(=O)N(C3CC3)C2)C1.I. The van der Waals surface area contributed by atoms with E-state index in [4.69, 9.17) is 5.73 Å². The highest BCUT2D eigenvalue weighted by molar-refractivity contribution is 14.0. The molecule has 0 aromatic rings. The number of halogens is 1. The molecule has 120 valence electrons. The molecule has 21 heavy (non-hydrogen) atoms. The number of carbonyl (C=O) groups is 1. The van der Waals surface area contributed by atoms with Gasteiger partial charge >= 0.3 is 0 Å². The van der Waals surface area contributed by atoms with Gasteiger partial charge in [-0.15, -0.1) is 24.0 Å². The van der Waals surface area contributed by atoms with Gasteiger partial charge in [-0.3, -0.25) is 9.79 Å². The van der Waals surface area contributed by atoms with E-state index in [0.29, 0.717) is 42.7 Å². The van der Waals surface area contributed by atoms with Crippen molar-refractivity contribution in [2.24, 2.45) is 22.6 Å². The lowest BCUT2D eigenvalue weighted by molar-refractivity contribution is -0.128. The Kier molecular flexibility index (Phi) is 5.73. The fraction of sp³-hybridized carbons (Fsp3) is 0.867. The summed E-state index contributed by atoms with van der Waals surface area (Å²) in [5.74, 6) is 2.06. The van der Waals surface area contributed by atoms with Crippen molar-refractivity contribution in [1.82, 2.24) is 9.80 Å². The van der Waals surface area contributed by atoms with Gasteiger partial charge in [0.25, 0.3) is 0 Å². The number of hydrogen-bond donors (Lipinski definition) is 1. The van der Waals surface area contributed by atoms with E-state index in [1.54, 1.807) is 0 Å². The normalized spacial score (nSPS) is 30.5. The number of guanidine groups is 1. The second kappa shape index (κ2) is 7.15. The number of nitrogens with zero attached hydrogens (tertiary/aromatic N) is 3. The standard InChI is InChI=1S/C15H26N4O.HI/c1-11-3-2-6-18(9-11)15(16)17-8-12-7-14(20)19(10-12)13-4-5-13;/h11-13H,2-10H2,1H3,(H2,16,17);1H. The summed E-state index contributed by atoms with van der Waals surface area (Å²) >= 11 is 0.